The summed E-state index contributed by atoms with van der Waals surface area (Å²) in [5, 5.41) is 6.93. The van der Waals surface area contributed by atoms with E-state index in [1.807, 2.05) is 34.5 Å². The van der Waals surface area contributed by atoms with E-state index >= 15 is 0 Å². The van der Waals surface area contributed by atoms with Gasteiger partial charge in [0.25, 0.3) is 0 Å². The summed E-state index contributed by atoms with van der Waals surface area (Å²) in [7, 11) is 0. The Bertz CT molecular complexity index is 718. The molecule has 0 aliphatic carbocycles. The topological polar surface area (TPSA) is 45.2 Å². The van der Waals surface area contributed by atoms with Crippen molar-refractivity contribution in [1.82, 2.24) is 15.2 Å². The zero-order valence-corrected chi connectivity index (χ0v) is 18.5. The lowest BCUT2D eigenvalue weighted by Gasteiger charge is -2.32. The molecule has 0 atom stereocenters. The van der Waals surface area contributed by atoms with Crippen LogP contribution in [0, 0.1) is 5.92 Å². The van der Waals surface area contributed by atoms with Crippen molar-refractivity contribution >= 4 is 53.7 Å². The van der Waals surface area contributed by atoms with E-state index in [0.29, 0.717) is 17.4 Å². The summed E-state index contributed by atoms with van der Waals surface area (Å²) in [6, 6.07) is 7.68. The molecule has 1 amide bonds. The largest absolute Gasteiger partial charge is 0.342 e. The SMILES string of the molecule is CCNCC1CCN(C(=O)Cc2csc(-c3ccccc3Cl)n2)CC1.Cl.Cl. The van der Waals surface area contributed by atoms with E-state index in [1.54, 1.807) is 11.3 Å². The quantitative estimate of drug-likeness (QED) is 0.694. The summed E-state index contributed by atoms with van der Waals surface area (Å²) >= 11 is 7.77. The first kappa shape index (κ1) is 24.2. The zero-order chi connectivity index (χ0) is 17.6. The van der Waals surface area contributed by atoms with Gasteiger partial charge in [-0.15, -0.1) is 36.2 Å². The molecule has 1 N–H and O–H groups in total. The van der Waals surface area contributed by atoms with Crippen molar-refractivity contribution in [3.05, 3.63) is 40.4 Å². The molecule has 2 heterocycles. The van der Waals surface area contributed by atoms with Gasteiger partial charge in [-0.2, -0.15) is 0 Å². The van der Waals surface area contributed by atoms with Crippen LogP contribution >= 0.6 is 47.8 Å². The van der Waals surface area contributed by atoms with Gasteiger partial charge in [0.15, 0.2) is 0 Å². The molecule has 1 aromatic heterocycles. The number of piperidine rings is 1. The van der Waals surface area contributed by atoms with Crippen LogP contribution in [0.4, 0.5) is 0 Å². The number of carbonyl (C=O) groups excluding carboxylic acids is 1. The highest BCUT2D eigenvalue weighted by Gasteiger charge is 2.23. The van der Waals surface area contributed by atoms with Crippen LogP contribution in [-0.4, -0.2) is 42.0 Å². The number of amides is 1. The molecular weight excluding hydrogens is 425 g/mol. The molecule has 150 valence electrons. The average Bonchev–Trinajstić information content (AvgIpc) is 3.09. The number of hydrogen-bond donors (Lipinski definition) is 1. The summed E-state index contributed by atoms with van der Waals surface area (Å²) in [4.78, 5) is 19.1. The lowest BCUT2D eigenvalue weighted by atomic mass is 9.96. The van der Waals surface area contributed by atoms with E-state index in [9.17, 15) is 4.79 Å². The number of carbonyl (C=O) groups is 1. The zero-order valence-electron chi connectivity index (χ0n) is 15.3. The fraction of sp³-hybridized carbons (Fsp3) is 0.474. The maximum atomic E-state index is 12.5. The minimum Gasteiger partial charge on any atom is -0.342 e. The molecule has 4 nitrogen and oxygen atoms in total. The molecule has 1 fully saturated rings. The molecule has 0 bridgehead atoms. The second-order valence-electron chi connectivity index (χ2n) is 6.43. The van der Waals surface area contributed by atoms with E-state index in [2.05, 4.69) is 17.2 Å². The number of aromatic nitrogens is 1. The van der Waals surface area contributed by atoms with Crippen LogP contribution in [0.15, 0.2) is 29.6 Å². The monoisotopic (exact) mass is 449 g/mol. The van der Waals surface area contributed by atoms with Gasteiger partial charge in [-0.1, -0.05) is 36.7 Å². The summed E-state index contributed by atoms with van der Waals surface area (Å²) in [6.07, 6.45) is 2.54. The van der Waals surface area contributed by atoms with Gasteiger partial charge in [-0.25, -0.2) is 4.98 Å². The minimum absolute atomic E-state index is 0. The Hall–Kier alpha value is -0.850. The van der Waals surface area contributed by atoms with Gasteiger partial charge in [0.1, 0.15) is 5.01 Å². The molecule has 1 aliphatic rings. The Morgan fingerprint density at radius 2 is 2.00 bits per heavy atom. The molecule has 0 saturated carbocycles. The summed E-state index contributed by atoms with van der Waals surface area (Å²) in [6.45, 7) is 5.92. The van der Waals surface area contributed by atoms with Crippen LogP contribution in [0.25, 0.3) is 10.6 Å². The average molecular weight is 451 g/mol. The van der Waals surface area contributed by atoms with Crippen LogP contribution in [0.2, 0.25) is 5.02 Å². The smallest absolute Gasteiger partial charge is 0.228 e. The standard InChI is InChI=1S/C19H24ClN3OS.2ClH/c1-2-21-12-14-7-9-23(10-8-14)18(24)11-15-13-25-19(22-15)16-5-3-4-6-17(16)20;;/h3-6,13-14,21H,2,7-12H2,1H3;2*1H. The van der Waals surface area contributed by atoms with Crippen molar-refractivity contribution < 1.29 is 4.79 Å². The summed E-state index contributed by atoms with van der Waals surface area (Å²) < 4.78 is 0. The minimum atomic E-state index is 0. The maximum Gasteiger partial charge on any atom is 0.228 e. The molecule has 1 saturated heterocycles. The lowest BCUT2D eigenvalue weighted by molar-refractivity contribution is -0.131. The van der Waals surface area contributed by atoms with Crippen LogP contribution in [0.3, 0.4) is 0 Å². The molecule has 3 rings (SSSR count). The summed E-state index contributed by atoms with van der Waals surface area (Å²) in [5.41, 5.74) is 1.76. The number of nitrogens with one attached hydrogen (secondary N) is 1. The van der Waals surface area contributed by atoms with Crippen molar-refractivity contribution in [2.45, 2.75) is 26.2 Å². The van der Waals surface area contributed by atoms with E-state index in [0.717, 1.165) is 55.3 Å². The second-order valence-corrected chi connectivity index (χ2v) is 7.70. The van der Waals surface area contributed by atoms with Gasteiger partial charge in [0, 0.05) is 24.0 Å². The van der Waals surface area contributed by atoms with Crippen LogP contribution < -0.4 is 5.32 Å². The fourth-order valence-corrected chi connectivity index (χ4v) is 4.29. The molecular formula is C19H26Cl3N3OS. The fourth-order valence-electron chi connectivity index (χ4n) is 3.15. The van der Waals surface area contributed by atoms with E-state index in [4.69, 9.17) is 11.6 Å². The van der Waals surface area contributed by atoms with Gasteiger partial charge in [-0.3, -0.25) is 4.79 Å². The number of benzene rings is 1. The Morgan fingerprint density at radius 3 is 2.67 bits per heavy atom. The number of nitrogens with zero attached hydrogens (tertiary/aromatic N) is 2. The van der Waals surface area contributed by atoms with Crippen LogP contribution in [0.1, 0.15) is 25.5 Å². The number of thiazole rings is 1. The molecule has 8 heteroatoms. The third-order valence-electron chi connectivity index (χ3n) is 4.64. The number of likely N-dealkylation sites (tertiary alicyclic amines) is 1. The number of hydrogen-bond acceptors (Lipinski definition) is 4. The first-order chi connectivity index (χ1) is 12.2. The van der Waals surface area contributed by atoms with Crippen molar-refractivity contribution in [2.24, 2.45) is 5.92 Å². The van der Waals surface area contributed by atoms with E-state index in [-0.39, 0.29) is 30.7 Å². The highest BCUT2D eigenvalue weighted by molar-refractivity contribution is 7.13. The molecule has 0 unspecified atom stereocenters. The maximum absolute atomic E-state index is 12.5. The highest BCUT2D eigenvalue weighted by atomic mass is 35.5. The molecule has 27 heavy (non-hydrogen) atoms. The van der Waals surface area contributed by atoms with Gasteiger partial charge >= 0.3 is 0 Å². The molecule has 0 spiro atoms. The van der Waals surface area contributed by atoms with Gasteiger partial charge in [-0.05, 0) is 37.9 Å². The van der Waals surface area contributed by atoms with Gasteiger partial charge in [0.05, 0.1) is 17.1 Å². The van der Waals surface area contributed by atoms with E-state index < -0.39 is 0 Å². The van der Waals surface area contributed by atoms with Crippen molar-refractivity contribution in [3.8, 4) is 10.6 Å². The molecule has 2 aromatic rings. The third-order valence-corrected chi connectivity index (χ3v) is 5.89. The van der Waals surface area contributed by atoms with Crippen LogP contribution in [-0.2, 0) is 11.2 Å². The molecule has 0 radical (unpaired) electrons. The Morgan fingerprint density at radius 1 is 1.30 bits per heavy atom. The first-order valence-electron chi connectivity index (χ1n) is 8.85. The lowest BCUT2D eigenvalue weighted by Crippen LogP contribution is -2.41. The van der Waals surface area contributed by atoms with E-state index in [1.165, 1.54) is 0 Å². The van der Waals surface area contributed by atoms with Crippen molar-refractivity contribution in [2.75, 3.05) is 26.2 Å². The normalized spacial score (nSPS) is 14.4. The Kier molecular flexibility index (Phi) is 10.6. The van der Waals surface area contributed by atoms with Crippen LogP contribution in [0.5, 0.6) is 0 Å². The molecule has 1 aliphatic heterocycles. The predicted octanol–water partition coefficient (Wildman–Crippen LogP) is 4.70. The van der Waals surface area contributed by atoms with Crippen molar-refractivity contribution in [1.29, 1.82) is 0 Å². The molecule has 1 aromatic carbocycles. The van der Waals surface area contributed by atoms with Gasteiger partial charge in [0.2, 0.25) is 5.91 Å². The highest BCUT2D eigenvalue weighted by Crippen LogP contribution is 2.30. The second kappa shape index (κ2) is 11.9. The Balaban J connectivity index is 0.00000182. The number of rotatable bonds is 6. The first-order valence-corrected chi connectivity index (χ1v) is 10.1. The number of halogens is 3. The summed E-state index contributed by atoms with van der Waals surface area (Å²) in [5.74, 6) is 0.869. The van der Waals surface area contributed by atoms with Gasteiger partial charge < -0.3 is 10.2 Å². The third kappa shape index (κ3) is 6.61. The Labute approximate surface area is 182 Å². The predicted molar refractivity (Wildman–Crippen MR) is 119 cm³/mol. The van der Waals surface area contributed by atoms with Crippen molar-refractivity contribution in [3.63, 3.8) is 0 Å².